The smallest absolute Gasteiger partial charge is 0.329 e. The van der Waals surface area contributed by atoms with E-state index in [9.17, 15) is 9.59 Å². The summed E-state index contributed by atoms with van der Waals surface area (Å²) < 4.78 is 5.95. The highest BCUT2D eigenvalue weighted by molar-refractivity contribution is 6.42. The number of halogens is 2. The lowest BCUT2D eigenvalue weighted by molar-refractivity contribution is 0.377. The first kappa shape index (κ1) is 15.5. The van der Waals surface area contributed by atoms with Crippen LogP contribution in [0.3, 0.4) is 0 Å². The van der Waals surface area contributed by atoms with Crippen LogP contribution in [0, 0.1) is 0 Å². The van der Waals surface area contributed by atoms with E-state index in [0.717, 1.165) is 4.57 Å². The first-order valence-corrected chi connectivity index (χ1v) is 7.23. The lowest BCUT2D eigenvalue weighted by Gasteiger charge is -2.07. The average molecular weight is 353 g/mol. The van der Waals surface area contributed by atoms with E-state index < -0.39 is 11.2 Å². The van der Waals surface area contributed by atoms with E-state index in [1.54, 1.807) is 6.07 Å². The first-order valence-electron chi connectivity index (χ1n) is 6.47. The molecule has 7 nitrogen and oxygen atoms in total. The highest BCUT2D eigenvalue weighted by Crippen LogP contribution is 2.24. The molecule has 2 heterocycles. The van der Waals surface area contributed by atoms with Gasteiger partial charge in [-0.1, -0.05) is 23.2 Å². The number of ether oxygens (including phenoxy) is 1. The minimum absolute atomic E-state index is 0.0246. The number of hydrogen-bond acceptors (Lipinski definition) is 5. The predicted octanol–water partition coefficient (Wildman–Crippen LogP) is 1.84. The second-order valence-electron chi connectivity index (χ2n) is 4.67. The molecule has 23 heavy (non-hydrogen) atoms. The van der Waals surface area contributed by atoms with Crippen LogP contribution in [0.4, 0.5) is 0 Å². The molecule has 3 rings (SSSR count). The zero-order valence-electron chi connectivity index (χ0n) is 11.8. The number of nitrogens with one attached hydrogen (secondary N) is 1. The summed E-state index contributed by atoms with van der Waals surface area (Å²) in [6, 6.07) is 4.62. The van der Waals surface area contributed by atoms with Gasteiger partial charge in [0.05, 0.1) is 40.3 Å². The van der Waals surface area contributed by atoms with Gasteiger partial charge in [0.1, 0.15) is 0 Å². The summed E-state index contributed by atoms with van der Waals surface area (Å²) in [7, 11) is 1.43. The van der Waals surface area contributed by atoms with Crippen molar-refractivity contribution < 1.29 is 4.74 Å². The van der Waals surface area contributed by atoms with Crippen molar-refractivity contribution >= 4 is 34.1 Å². The number of benzene rings is 1. The van der Waals surface area contributed by atoms with Gasteiger partial charge in [0.2, 0.25) is 0 Å². The van der Waals surface area contributed by atoms with Gasteiger partial charge in [0.15, 0.2) is 0 Å². The monoisotopic (exact) mass is 352 g/mol. The second kappa shape index (κ2) is 6.02. The Morgan fingerprint density at radius 3 is 2.74 bits per heavy atom. The Morgan fingerprint density at radius 1 is 1.26 bits per heavy atom. The van der Waals surface area contributed by atoms with Gasteiger partial charge < -0.3 is 9.72 Å². The maximum absolute atomic E-state index is 12.5. The van der Waals surface area contributed by atoms with Crippen molar-refractivity contribution in [3.63, 3.8) is 0 Å². The van der Waals surface area contributed by atoms with Gasteiger partial charge in [-0.3, -0.25) is 9.36 Å². The van der Waals surface area contributed by atoms with Crippen molar-refractivity contribution in [1.29, 1.82) is 0 Å². The van der Waals surface area contributed by atoms with E-state index in [1.165, 1.54) is 25.4 Å². The van der Waals surface area contributed by atoms with Crippen molar-refractivity contribution in [3.8, 4) is 6.01 Å². The largest absolute Gasteiger partial charge is 0.467 e. The van der Waals surface area contributed by atoms with E-state index in [0.29, 0.717) is 11.2 Å². The maximum atomic E-state index is 12.5. The van der Waals surface area contributed by atoms with Crippen LogP contribution in [0.2, 0.25) is 10.0 Å². The molecule has 0 aliphatic rings. The normalized spacial score (nSPS) is 10.9. The number of aromatic nitrogens is 4. The van der Waals surface area contributed by atoms with Crippen LogP contribution in [0.25, 0.3) is 10.9 Å². The minimum Gasteiger partial charge on any atom is -0.467 e. The lowest BCUT2D eigenvalue weighted by atomic mass is 10.2. The Labute approximate surface area is 139 Å². The van der Waals surface area contributed by atoms with Crippen LogP contribution in [0.5, 0.6) is 6.01 Å². The third-order valence-electron chi connectivity index (χ3n) is 3.22. The molecule has 3 aromatic rings. The number of rotatable bonds is 3. The van der Waals surface area contributed by atoms with Crippen LogP contribution in [-0.2, 0) is 6.54 Å². The van der Waals surface area contributed by atoms with Crippen molar-refractivity contribution in [2.45, 2.75) is 6.54 Å². The van der Waals surface area contributed by atoms with Crippen molar-refractivity contribution in [2.24, 2.45) is 0 Å². The molecule has 0 unspecified atom stereocenters. The second-order valence-corrected chi connectivity index (χ2v) is 5.48. The Balaban J connectivity index is 2.16. The molecule has 1 N–H and O–H groups in total. The standard InChI is InChI=1S/C14H10Cl2N4O3/c1-23-13-17-3-2-7(18-13)6-20-12(21)8-4-9(15)10(16)5-11(8)19-14(20)22/h2-5H,6H2,1H3,(H,19,22). The van der Waals surface area contributed by atoms with Crippen LogP contribution >= 0.6 is 23.2 Å². The third kappa shape index (κ3) is 2.93. The van der Waals surface area contributed by atoms with Crippen LogP contribution < -0.4 is 16.0 Å². The number of H-pyrrole nitrogens is 1. The molecule has 0 amide bonds. The molecule has 0 atom stereocenters. The molecular formula is C14H10Cl2N4O3. The SMILES string of the molecule is COc1nccc(Cn2c(=O)[nH]c3cc(Cl)c(Cl)cc3c2=O)n1. The molecule has 0 spiro atoms. The summed E-state index contributed by atoms with van der Waals surface area (Å²) in [5.74, 6) is 0. The van der Waals surface area contributed by atoms with Crippen molar-refractivity contribution in [3.05, 3.63) is 61.0 Å². The maximum Gasteiger partial charge on any atom is 0.329 e. The first-order chi connectivity index (χ1) is 11.0. The zero-order valence-corrected chi connectivity index (χ0v) is 13.4. The van der Waals surface area contributed by atoms with Crippen molar-refractivity contribution in [2.75, 3.05) is 7.11 Å². The Morgan fingerprint density at radius 2 is 2.00 bits per heavy atom. The molecule has 2 aromatic heterocycles. The highest BCUT2D eigenvalue weighted by Gasteiger charge is 2.11. The molecule has 1 aromatic carbocycles. The van der Waals surface area contributed by atoms with Gasteiger partial charge in [-0.15, -0.1) is 0 Å². The number of fused-ring (bicyclic) bond motifs is 1. The van der Waals surface area contributed by atoms with Gasteiger partial charge in [0.25, 0.3) is 5.56 Å². The fourth-order valence-electron chi connectivity index (χ4n) is 2.12. The highest BCUT2D eigenvalue weighted by atomic mass is 35.5. The van der Waals surface area contributed by atoms with Gasteiger partial charge in [0, 0.05) is 6.20 Å². The molecular weight excluding hydrogens is 343 g/mol. The van der Waals surface area contributed by atoms with E-state index in [-0.39, 0.29) is 28.0 Å². The van der Waals surface area contributed by atoms with Gasteiger partial charge in [-0.25, -0.2) is 9.78 Å². The quantitative estimate of drug-likeness (QED) is 0.776. The molecule has 0 fully saturated rings. The Hall–Kier alpha value is -2.38. The molecule has 0 aliphatic carbocycles. The average Bonchev–Trinajstić information content (AvgIpc) is 2.54. The summed E-state index contributed by atoms with van der Waals surface area (Å²) in [4.78, 5) is 35.3. The number of nitrogens with zero attached hydrogens (tertiary/aromatic N) is 3. The van der Waals surface area contributed by atoms with Gasteiger partial charge >= 0.3 is 11.7 Å². The van der Waals surface area contributed by atoms with Crippen LogP contribution in [0.1, 0.15) is 5.69 Å². The fourth-order valence-corrected chi connectivity index (χ4v) is 2.44. The van der Waals surface area contributed by atoms with E-state index in [1.807, 2.05) is 0 Å². The van der Waals surface area contributed by atoms with Crippen LogP contribution in [0.15, 0.2) is 34.0 Å². The third-order valence-corrected chi connectivity index (χ3v) is 3.94. The molecule has 0 saturated carbocycles. The molecule has 0 saturated heterocycles. The molecule has 118 valence electrons. The number of hydrogen-bond donors (Lipinski definition) is 1. The number of aromatic amines is 1. The van der Waals surface area contributed by atoms with Gasteiger partial charge in [-0.05, 0) is 18.2 Å². The zero-order chi connectivity index (χ0) is 16.6. The molecule has 0 radical (unpaired) electrons. The fraction of sp³-hybridized carbons (Fsp3) is 0.143. The summed E-state index contributed by atoms with van der Waals surface area (Å²) >= 11 is 11.8. The predicted molar refractivity (Wildman–Crippen MR) is 86.5 cm³/mol. The summed E-state index contributed by atoms with van der Waals surface area (Å²) in [5, 5.41) is 0.756. The number of methoxy groups -OCH3 is 1. The summed E-state index contributed by atoms with van der Waals surface area (Å²) in [6.45, 7) is -0.0246. The minimum atomic E-state index is -0.571. The molecule has 9 heteroatoms. The Kier molecular flexibility index (Phi) is 4.06. The van der Waals surface area contributed by atoms with Crippen molar-refractivity contribution in [1.82, 2.24) is 19.5 Å². The van der Waals surface area contributed by atoms with Gasteiger partial charge in [-0.2, -0.15) is 4.98 Å². The summed E-state index contributed by atoms with van der Waals surface area (Å²) in [6.07, 6.45) is 1.48. The topological polar surface area (TPSA) is 89.9 Å². The molecule has 0 aliphatic heterocycles. The lowest BCUT2D eigenvalue weighted by Crippen LogP contribution is -2.35. The van der Waals surface area contributed by atoms with E-state index >= 15 is 0 Å². The van der Waals surface area contributed by atoms with E-state index in [4.69, 9.17) is 27.9 Å². The Bertz CT molecular complexity index is 1010. The molecule has 0 bridgehead atoms. The van der Waals surface area contributed by atoms with Crippen LogP contribution in [-0.4, -0.2) is 26.6 Å². The van der Waals surface area contributed by atoms with E-state index in [2.05, 4.69) is 15.0 Å². The summed E-state index contributed by atoms with van der Waals surface area (Å²) in [5.41, 5.74) is -0.270.